The molecule has 0 fully saturated rings. The van der Waals surface area contributed by atoms with Crippen molar-refractivity contribution in [1.29, 1.82) is 0 Å². The quantitative estimate of drug-likeness (QED) is 0.330. The van der Waals surface area contributed by atoms with Gasteiger partial charge >= 0.3 is 10.4 Å². The Balaban J connectivity index is -0.0000000750. The Morgan fingerprint density at radius 3 is 1.12 bits per heavy atom. The molecule has 0 spiro atoms. The molecule has 0 bridgehead atoms. The van der Waals surface area contributed by atoms with Crippen LogP contribution in [0.4, 0.5) is 0 Å². The smallest absolute Gasteiger partial charge is 0.394 e. The summed E-state index contributed by atoms with van der Waals surface area (Å²) in [6.07, 6.45) is 0. The Kier molecular flexibility index (Phi) is 14.5. The molecule has 0 saturated heterocycles. The van der Waals surface area contributed by atoms with Gasteiger partial charge in [-0.1, -0.05) is 0 Å². The van der Waals surface area contributed by atoms with E-state index in [0.29, 0.717) is 0 Å². The maximum atomic E-state index is 8.74. The summed E-state index contributed by atoms with van der Waals surface area (Å²) in [5.74, 6) is 0. The van der Waals surface area contributed by atoms with Crippen LogP contribution in [-0.2, 0) is 27.5 Å². The van der Waals surface area contributed by atoms with Crippen LogP contribution >= 0.6 is 0 Å². The number of hydrogen-bond donors (Lipinski definition) is 3. The van der Waals surface area contributed by atoms with Crippen molar-refractivity contribution in [3.63, 3.8) is 0 Å². The molecule has 3 N–H and O–H groups in total. The molecule has 0 unspecified atom stereocenters. The Labute approximate surface area is 57.8 Å². The largest absolute Gasteiger partial charge is 0.400 e. The molecular weight excluding hydrogens is 179 g/mol. The van der Waals surface area contributed by atoms with Crippen LogP contribution in [-0.4, -0.2) is 29.7 Å². The first kappa shape index (κ1) is 15.8. The van der Waals surface area contributed by atoms with E-state index in [4.69, 9.17) is 22.6 Å². The summed E-state index contributed by atoms with van der Waals surface area (Å²) >= 11 is 0. The van der Waals surface area contributed by atoms with Gasteiger partial charge in [0.1, 0.15) is 0 Å². The Hall–Kier alpha value is 0.349. The van der Waals surface area contributed by atoms with Crippen LogP contribution < -0.4 is 0 Å². The predicted molar refractivity (Wildman–Crippen MR) is 22.3 cm³/mol. The summed E-state index contributed by atoms with van der Waals surface area (Å²) in [6.45, 7) is 0. The third kappa shape index (κ3) is 1490. The van der Waals surface area contributed by atoms with Crippen molar-refractivity contribution in [2.24, 2.45) is 0 Å². The Bertz CT molecular complexity index is 95.6. The van der Waals surface area contributed by atoms with Crippen molar-refractivity contribution in [1.82, 2.24) is 0 Å². The molecule has 0 amide bonds. The molecule has 0 atom stereocenters. The van der Waals surface area contributed by atoms with Gasteiger partial charge in [-0.2, -0.15) is 8.42 Å². The van der Waals surface area contributed by atoms with Crippen LogP contribution in [0.25, 0.3) is 0 Å². The van der Waals surface area contributed by atoms with E-state index in [2.05, 4.69) is 0 Å². The van der Waals surface area contributed by atoms with Gasteiger partial charge in [0.15, 0.2) is 0 Å². The van der Waals surface area contributed by atoms with Crippen LogP contribution in [0.15, 0.2) is 0 Å². The zero-order valence-electron chi connectivity index (χ0n) is 3.94. The van der Waals surface area contributed by atoms with Gasteiger partial charge in [-0.15, -0.1) is 0 Å². The van der Waals surface area contributed by atoms with E-state index in [0.717, 1.165) is 7.11 Å². The molecule has 8 heavy (non-hydrogen) atoms. The second-order valence-electron chi connectivity index (χ2n) is 0.448. The molecule has 1 radical (unpaired) electrons. The average Bonchev–Trinajstić information content (AvgIpc) is 1.36. The predicted octanol–water partition coefficient (Wildman–Crippen LogP) is -1.05. The van der Waals surface area contributed by atoms with Gasteiger partial charge in [0.25, 0.3) is 0 Å². The van der Waals surface area contributed by atoms with E-state index >= 15 is 0 Å². The van der Waals surface area contributed by atoms with Crippen molar-refractivity contribution >= 4 is 10.4 Å². The van der Waals surface area contributed by atoms with Gasteiger partial charge < -0.3 is 5.11 Å². The van der Waals surface area contributed by atoms with Crippen molar-refractivity contribution in [2.75, 3.05) is 7.11 Å². The van der Waals surface area contributed by atoms with Crippen LogP contribution in [0.3, 0.4) is 0 Å². The fourth-order valence-electron chi connectivity index (χ4n) is 0. The molecular formula is CH6MnO5S. The van der Waals surface area contributed by atoms with Crippen molar-refractivity contribution in [3.05, 3.63) is 0 Å². The van der Waals surface area contributed by atoms with Gasteiger partial charge in [0.05, 0.1) is 0 Å². The van der Waals surface area contributed by atoms with E-state index < -0.39 is 10.4 Å². The zero-order valence-corrected chi connectivity index (χ0v) is 5.94. The first-order valence-corrected chi connectivity index (χ1v) is 2.54. The summed E-state index contributed by atoms with van der Waals surface area (Å²) in [7, 11) is -3.67. The number of rotatable bonds is 0. The molecule has 0 heterocycles. The van der Waals surface area contributed by atoms with Gasteiger partial charge in [0.2, 0.25) is 0 Å². The van der Waals surface area contributed by atoms with Crippen LogP contribution in [0.1, 0.15) is 0 Å². The fraction of sp³-hybridized carbons (Fsp3) is 1.00. The van der Waals surface area contributed by atoms with Crippen molar-refractivity contribution in [2.45, 2.75) is 0 Å². The van der Waals surface area contributed by atoms with Gasteiger partial charge in [-0.05, 0) is 0 Å². The van der Waals surface area contributed by atoms with Crippen LogP contribution in [0.5, 0.6) is 0 Å². The van der Waals surface area contributed by atoms with Gasteiger partial charge in [-0.25, -0.2) is 0 Å². The van der Waals surface area contributed by atoms with Crippen molar-refractivity contribution in [3.8, 4) is 0 Å². The number of hydrogen-bond acceptors (Lipinski definition) is 3. The summed E-state index contributed by atoms with van der Waals surface area (Å²) in [6, 6.07) is 0. The van der Waals surface area contributed by atoms with E-state index in [1.807, 2.05) is 0 Å². The minimum Gasteiger partial charge on any atom is -0.400 e. The first-order chi connectivity index (χ1) is 3.00. The molecule has 0 aliphatic heterocycles. The molecule has 0 aliphatic rings. The second kappa shape index (κ2) is 7.35. The fourth-order valence-corrected chi connectivity index (χ4v) is 0. The van der Waals surface area contributed by atoms with E-state index in [9.17, 15) is 0 Å². The number of aliphatic hydroxyl groups excluding tert-OH is 1. The standard InChI is InChI=1S/CH4O.Mn.H2O4S/c1-2;;1-5(2,3)4/h2H,1H3;;(H2,1,2,3,4). The maximum absolute atomic E-state index is 8.74. The normalized spacial score (nSPS) is 8.00. The third-order valence-electron chi connectivity index (χ3n) is 0. The topological polar surface area (TPSA) is 94.8 Å². The minimum absolute atomic E-state index is 0. The van der Waals surface area contributed by atoms with Crippen LogP contribution in [0.2, 0.25) is 0 Å². The Morgan fingerprint density at radius 2 is 1.12 bits per heavy atom. The summed E-state index contributed by atoms with van der Waals surface area (Å²) in [5, 5.41) is 7.00. The molecule has 7 heteroatoms. The van der Waals surface area contributed by atoms with Gasteiger partial charge in [-0.3, -0.25) is 9.11 Å². The molecule has 53 valence electrons. The summed E-state index contributed by atoms with van der Waals surface area (Å²) in [4.78, 5) is 0. The summed E-state index contributed by atoms with van der Waals surface area (Å²) in [5.41, 5.74) is 0. The molecule has 0 aromatic carbocycles. The molecule has 0 rings (SSSR count). The third-order valence-corrected chi connectivity index (χ3v) is 0. The molecule has 0 saturated carbocycles. The Morgan fingerprint density at radius 1 is 1.12 bits per heavy atom. The minimum atomic E-state index is -4.67. The molecule has 0 aliphatic carbocycles. The SMILES string of the molecule is CO.O=S(=O)(O)O.[Mn]. The van der Waals surface area contributed by atoms with E-state index in [-0.39, 0.29) is 17.1 Å². The monoisotopic (exact) mass is 185 g/mol. The molecule has 0 aromatic rings. The maximum Gasteiger partial charge on any atom is 0.394 e. The van der Waals surface area contributed by atoms with E-state index in [1.54, 1.807) is 0 Å². The van der Waals surface area contributed by atoms with E-state index in [1.165, 1.54) is 0 Å². The van der Waals surface area contributed by atoms with Crippen molar-refractivity contribution < 1.29 is 39.7 Å². The summed E-state index contributed by atoms with van der Waals surface area (Å²) < 4.78 is 31.6. The van der Waals surface area contributed by atoms with Crippen LogP contribution in [0, 0.1) is 0 Å². The number of aliphatic hydroxyl groups is 1. The van der Waals surface area contributed by atoms with Gasteiger partial charge in [0, 0.05) is 24.2 Å². The second-order valence-corrected chi connectivity index (χ2v) is 1.34. The zero-order chi connectivity index (χ0) is 6.50. The average molecular weight is 185 g/mol. The molecule has 5 nitrogen and oxygen atoms in total. The first-order valence-electron chi connectivity index (χ1n) is 1.15. The molecule has 0 aromatic heterocycles.